The van der Waals surface area contributed by atoms with Crippen LogP contribution in [0.3, 0.4) is 0 Å². The van der Waals surface area contributed by atoms with Gasteiger partial charge >= 0.3 is 5.97 Å². The zero-order chi connectivity index (χ0) is 10.8. The molecule has 0 aromatic carbocycles. The third-order valence-electron chi connectivity index (χ3n) is 1.98. The largest absolute Gasteiger partial charge is 0.465 e. The minimum absolute atomic E-state index is 0.00317. The molecule has 1 unspecified atom stereocenters. The van der Waals surface area contributed by atoms with Crippen molar-refractivity contribution >= 4 is 17.7 Å². The van der Waals surface area contributed by atoms with Crippen LogP contribution in [0.25, 0.3) is 0 Å². The summed E-state index contributed by atoms with van der Waals surface area (Å²) in [7, 11) is 0. The topological polar surface area (TPSA) is 26.3 Å². The number of hydrogen-bond donors (Lipinski definition) is 0. The third-order valence-corrected chi connectivity index (χ3v) is 3.20. The Kier molecular flexibility index (Phi) is 9.26. The Morgan fingerprint density at radius 1 is 1.29 bits per heavy atom. The van der Waals surface area contributed by atoms with Gasteiger partial charge in [-0.3, -0.25) is 4.79 Å². The van der Waals surface area contributed by atoms with Crippen LogP contribution < -0.4 is 0 Å². The molecule has 0 spiro atoms. The van der Waals surface area contributed by atoms with Gasteiger partial charge in [0, 0.05) is 0 Å². The molecular weight excluding hydrogens is 196 g/mol. The average molecular weight is 218 g/mol. The highest BCUT2D eigenvalue weighted by Crippen LogP contribution is 2.15. The minimum Gasteiger partial charge on any atom is -0.465 e. The Balaban J connectivity index is 3.34. The van der Waals surface area contributed by atoms with Crippen molar-refractivity contribution in [3.8, 4) is 0 Å². The van der Waals surface area contributed by atoms with Crippen molar-refractivity contribution in [1.29, 1.82) is 0 Å². The van der Waals surface area contributed by atoms with Crippen LogP contribution in [0, 0.1) is 0 Å². The lowest BCUT2D eigenvalue weighted by atomic mass is 10.2. The first kappa shape index (κ1) is 13.8. The molecule has 0 bridgehead atoms. The summed E-state index contributed by atoms with van der Waals surface area (Å²) in [5, 5.41) is -0.00317. The van der Waals surface area contributed by atoms with Gasteiger partial charge in [0.25, 0.3) is 0 Å². The molecule has 0 fully saturated rings. The van der Waals surface area contributed by atoms with Crippen LogP contribution in [0.15, 0.2) is 0 Å². The van der Waals surface area contributed by atoms with Gasteiger partial charge in [-0.2, -0.15) is 0 Å². The molecule has 0 heterocycles. The predicted molar refractivity (Wildman–Crippen MR) is 62.7 cm³/mol. The maximum Gasteiger partial charge on any atom is 0.318 e. The second-order valence-electron chi connectivity index (χ2n) is 3.33. The maximum absolute atomic E-state index is 11.2. The first-order chi connectivity index (χ1) is 6.72. The molecule has 2 nitrogen and oxygen atoms in total. The normalized spacial score (nSPS) is 12.5. The summed E-state index contributed by atoms with van der Waals surface area (Å²) >= 11 is 1.70. The van der Waals surface area contributed by atoms with Gasteiger partial charge in [-0.05, 0) is 26.0 Å². The van der Waals surface area contributed by atoms with Crippen molar-refractivity contribution in [3.05, 3.63) is 0 Å². The molecule has 0 aliphatic rings. The van der Waals surface area contributed by atoms with E-state index in [1.165, 1.54) is 25.7 Å². The molecule has 0 aliphatic heterocycles. The monoisotopic (exact) mass is 218 g/mol. The molecule has 0 radical (unpaired) electrons. The van der Waals surface area contributed by atoms with E-state index in [2.05, 4.69) is 6.92 Å². The van der Waals surface area contributed by atoms with E-state index >= 15 is 0 Å². The van der Waals surface area contributed by atoms with E-state index < -0.39 is 0 Å². The van der Waals surface area contributed by atoms with Gasteiger partial charge in [-0.15, -0.1) is 11.8 Å². The van der Waals surface area contributed by atoms with Gasteiger partial charge in [0.15, 0.2) is 0 Å². The number of hydrogen-bond acceptors (Lipinski definition) is 3. The molecule has 0 aliphatic carbocycles. The summed E-state index contributed by atoms with van der Waals surface area (Å²) in [6, 6.07) is 0. The molecule has 1 atom stereocenters. The number of rotatable bonds is 8. The second kappa shape index (κ2) is 9.38. The SMILES string of the molecule is CCCCCCSC(C)C(=O)OCC. The summed E-state index contributed by atoms with van der Waals surface area (Å²) in [6.45, 7) is 6.45. The number of carbonyl (C=O) groups excluding carboxylic acids is 1. The molecule has 0 saturated carbocycles. The number of esters is 1. The van der Waals surface area contributed by atoms with Crippen molar-refractivity contribution in [3.63, 3.8) is 0 Å². The molecule has 0 rings (SSSR count). The highest BCUT2D eigenvalue weighted by Gasteiger charge is 2.13. The molecule has 0 aromatic heterocycles. The highest BCUT2D eigenvalue weighted by molar-refractivity contribution is 8.00. The van der Waals surface area contributed by atoms with E-state index in [9.17, 15) is 4.79 Å². The summed E-state index contributed by atoms with van der Waals surface area (Å²) in [5.41, 5.74) is 0. The van der Waals surface area contributed by atoms with E-state index in [4.69, 9.17) is 4.74 Å². The molecule has 14 heavy (non-hydrogen) atoms. The molecule has 0 N–H and O–H groups in total. The number of thioether (sulfide) groups is 1. The van der Waals surface area contributed by atoms with Gasteiger partial charge in [-0.1, -0.05) is 26.2 Å². The zero-order valence-corrected chi connectivity index (χ0v) is 10.4. The zero-order valence-electron chi connectivity index (χ0n) is 9.54. The van der Waals surface area contributed by atoms with Crippen LogP contribution in [-0.2, 0) is 9.53 Å². The second-order valence-corrected chi connectivity index (χ2v) is 4.77. The Morgan fingerprint density at radius 3 is 2.57 bits per heavy atom. The molecule has 0 aromatic rings. The standard InChI is InChI=1S/C11H22O2S/c1-4-6-7-8-9-14-10(3)11(12)13-5-2/h10H,4-9H2,1-3H3. The minimum atomic E-state index is -0.0759. The fourth-order valence-corrected chi connectivity index (χ4v) is 2.05. The van der Waals surface area contributed by atoms with E-state index in [1.54, 1.807) is 11.8 Å². The van der Waals surface area contributed by atoms with Crippen LogP contribution >= 0.6 is 11.8 Å². The summed E-state index contributed by atoms with van der Waals surface area (Å²) in [5.74, 6) is 0.993. The van der Waals surface area contributed by atoms with Gasteiger partial charge < -0.3 is 4.74 Å². The van der Waals surface area contributed by atoms with E-state index in [-0.39, 0.29) is 11.2 Å². The predicted octanol–water partition coefficient (Wildman–Crippen LogP) is 3.25. The van der Waals surface area contributed by atoms with E-state index in [1.807, 2.05) is 13.8 Å². The Hall–Kier alpha value is -0.180. The van der Waals surface area contributed by atoms with Gasteiger partial charge in [0.05, 0.1) is 11.9 Å². The number of unbranched alkanes of at least 4 members (excludes halogenated alkanes) is 3. The average Bonchev–Trinajstić information content (AvgIpc) is 2.17. The van der Waals surface area contributed by atoms with E-state index in [0.29, 0.717) is 6.61 Å². The summed E-state index contributed by atoms with van der Waals surface area (Å²) in [6.07, 6.45) is 5.05. The first-order valence-corrected chi connectivity index (χ1v) is 6.55. The van der Waals surface area contributed by atoms with Crippen LogP contribution in [0.2, 0.25) is 0 Å². The van der Waals surface area contributed by atoms with Crippen molar-refractivity contribution < 1.29 is 9.53 Å². The molecule has 0 saturated heterocycles. The van der Waals surface area contributed by atoms with Crippen molar-refractivity contribution in [2.24, 2.45) is 0 Å². The van der Waals surface area contributed by atoms with Gasteiger partial charge in [0.2, 0.25) is 0 Å². The summed E-state index contributed by atoms with van der Waals surface area (Å²) in [4.78, 5) is 11.2. The van der Waals surface area contributed by atoms with Crippen LogP contribution in [-0.4, -0.2) is 23.6 Å². The van der Waals surface area contributed by atoms with Crippen molar-refractivity contribution in [2.45, 2.75) is 51.7 Å². The smallest absolute Gasteiger partial charge is 0.318 e. The van der Waals surface area contributed by atoms with Gasteiger partial charge in [0.1, 0.15) is 0 Å². The van der Waals surface area contributed by atoms with Gasteiger partial charge in [-0.25, -0.2) is 0 Å². The maximum atomic E-state index is 11.2. The highest BCUT2D eigenvalue weighted by atomic mass is 32.2. The first-order valence-electron chi connectivity index (χ1n) is 5.50. The van der Waals surface area contributed by atoms with Crippen molar-refractivity contribution in [1.82, 2.24) is 0 Å². The molecule has 3 heteroatoms. The third kappa shape index (κ3) is 7.25. The fraction of sp³-hybridized carbons (Fsp3) is 0.909. The number of carbonyl (C=O) groups is 1. The number of ether oxygens (including phenoxy) is 1. The Morgan fingerprint density at radius 2 is 2.00 bits per heavy atom. The lowest BCUT2D eigenvalue weighted by Gasteiger charge is -2.09. The molecule has 84 valence electrons. The Bertz CT molecular complexity index is 148. The molecule has 0 amide bonds. The lowest BCUT2D eigenvalue weighted by molar-refractivity contribution is -0.142. The molecular formula is C11H22O2S. The van der Waals surface area contributed by atoms with Crippen molar-refractivity contribution in [2.75, 3.05) is 12.4 Å². The van der Waals surface area contributed by atoms with Crippen LogP contribution in [0.4, 0.5) is 0 Å². The van der Waals surface area contributed by atoms with E-state index in [0.717, 1.165) is 5.75 Å². The summed E-state index contributed by atoms with van der Waals surface area (Å²) < 4.78 is 4.92. The quantitative estimate of drug-likeness (QED) is 0.462. The van der Waals surface area contributed by atoms with Crippen LogP contribution in [0.5, 0.6) is 0 Å². The Labute approximate surface area is 91.8 Å². The fourth-order valence-electron chi connectivity index (χ4n) is 1.12. The lowest BCUT2D eigenvalue weighted by Crippen LogP contribution is -2.17. The van der Waals surface area contributed by atoms with Crippen LogP contribution in [0.1, 0.15) is 46.5 Å².